The molecule has 1 N–H and O–H groups in total. The molecule has 4 aromatic rings. The number of fused-ring (bicyclic) bond motifs is 1. The molecule has 0 spiro atoms. The number of carbonyl (C=O) groups excluding carboxylic acids is 1. The van der Waals surface area contributed by atoms with Crippen LogP contribution in [-0.2, 0) is 11.3 Å². The normalized spacial score (nSPS) is 15.0. The molecule has 0 amide bonds. The van der Waals surface area contributed by atoms with E-state index in [1.165, 1.54) is 0 Å². The molecule has 0 atom stereocenters. The summed E-state index contributed by atoms with van der Waals surface area (Å²) < 4.78 is 7.13. The van der Waals surface area contributed by atoms with E-state index in [9.17, 15) is 9.90 Å². The van der Waals surface area contributed by atoms with Crippen LogP contribution in [0.4, 0.5) is 5.82 Å². The first kappa shape index (κ1) is 25.1. The maximum atomic E-state index is 12.3. The van der Waals surface area contributed by atoms with E-state index >= 15 is 0 Å². The van der Waals surface area contributed by atoms with E-state index in [1.54, 1.807) is 24.7 Å². The Morgan fingerprint density at radius 1 is 1.16 bits per heavy atom. The fraction of sp³-hybridized carbons (Fsp3) is 0.464. The highest BCUT2D eigenvalue weighted by atomic mass is 16.5. The number of carbonyl (C=O) groups is 1. The number of Topliss-reactive ketones (excluding diaryl/α,β-unsaturated/α-hetero) is 1. The minimum atomic E-state index is -0.881. The second-order valence-corrected chi connectivity index (χ2v) is 10.6. The lowest BCUT2D eigenvalue weighted by Crippen LogP contribution is -2.37. The Morgan fingerprint density at radius 3 is 2.57 bits per heavy atom. The van der Waals surface area contributed by atoms with Crippen LogP contribution in [0.1, 0.15) is 51.5 Å². The van der Waals surface area contributed by atoms with Gasteiger partial charge in [-0.3, -0.25) is 9.48 Å². The molecule has 0 saturated carbocycles. The van der Waals surface area contributed by atoms with E-state index in [0.717, 1.165) is 70.8 Å². The van der Waals surface area contributed by atoms with E-state index in [1.807, 2.05) is 39.1 Å². The summed E-state index contributed by atoms with van der Waals surface area (Å²) in [6, 6.07) is 6.17. The molecule has 5 rings (SSSR count). The van der Waals surface area contributed by atoms with Crippen molar-refractivity contribution in [2.75, 3.05) is 18.0 Å². The fourth-order valence-electron chi connectivity index (χ4n) is 5.20. The number of aliphatic hydroxyl groups is 1. The molecule has 1 aliphatic heterocycles. The molecule has 3 aromatic heterocycles. The summed E-state index contributed by atoms with van der Waals surface area (Å²) >= 11 is 0. The molecule has 0 unspecified atom stereocenters. The quantitative estimate of drug-likeness (QED) is 0.386. The van der Waals surface area contributed by atoms with E-state index < -0.39 is 5.60 Å². The third-order valence-corrected chi connectivity index (χ3v) is 7.04. The number of hydrogen-bond donors (Lipinski definition) is 1. The zero-order valence-electron chi connectivity index (χ0n) is 22.2. The van der Waals surface area contributed by atoms with Crippen molar-refractivity contribution >= 4 is 22.5 Å². The molecule has 9 heteroatoms. The number of benzene rings is 1. The van der Waals surface area contributed by atoms with Crippen molar-refractivity contribution < 1.29 is 14.4 Å². The highest BCUT2D eigenvalue weighted by Gasteiger charge is 2.27. The van der Waals surface area contributed by atoms with E-state index in [2.05, 4.69) is 21.2 Å². The molecule has 1 fully saturated rings. The maximum absolute atomic E-state index is 12.3. The Kier molecular flexibility index (Phi) is 6.58. The second kappa shape index (κ2) is 9.70. The topological polar surface area (TPSA) is 110 Å². The van der Waals surface area contributed by atoms with Gasteiger partial charge in [0.1, 0.15) is 17.4 Å². The minimum Gasteiger partial charge on any atom is -0.389 e. The SMILES string of the molecule is CCC(=O)C1CCN(c2nc(-c3cnn(CC(C)(C)O)c3)nc3ccc(-c4c(C)noc4C)cc23)CC1. The van der Waals surface area contributed by atoms with Gasteiger partial charge in [-0.25, -0.2) is 9.97 Å². The highest BCUT2D eigenvalue weighted by molar-refractivity contribution is 5.95. The molecule has 0 radical (unpaired) electrons. The number of rotatable bonds is 7. The van der Waals surface area contributed by atoms with E-state index in [4.69, 9.17) is 14.5 Å². The van der Waals surface area contributed by atoms with Gasteiger partial charge in [0, 0.05) is 42.6 Å². The molecule has 9 nitrogen and oxygen atoms in total. The Hall–Kier alpha value is -3.59. The number of piperidine rings is 1. The number of hydrogen-bond acceptors (Lipinski definition) is 8. The van der Waals surface area contributed by atoms with Gasteiger partial charge in [-0.2, -0.15) is 5.10 Å². The Morgan fingerprint density at radius 2 is 1.92 bits per heavy atom. The number of ketones is 1. The minimum absolute atomic E-state index is 0.117. The van der Waals surface area contributed by atoms with Crippen LogP contribution in [0.5, 0.6) is 0 Å². The van der Waals surface area contributed by atoms with Crippen LogP contribution in [-0.4, -0.2) is 54.5 Å². The fourth-order valence-corrected chi connectivity index (χ4v) is 5.20. The van der Waals surface area contributed by atoms with Crippen LogP contribution < -0.4 is 4.90 Å². The maximum Gasteiger partial charge on any atom is 0.165 e. The zero-order chi connectivity index (χ0) is 26.3. The first-order valence-electron chi connectivity index (χ1n) is 12.9. The summed E-state index contributed by atoms with van der Waals surface area (Å²) in [5.41, 5.74) is 3.57. The van der Waals surface area contributed by atoms with Crippen LogP contribution in [0.15, 0.2) is 35.1 Å². The monoisotopic (exact) mass is 502 g/mol. The van der Waals surface area contributed by atoms with Gasteiger partial charge in [0.25, 0.3) is 0 Å². The number of nitrogens with zero attached hydrogens (tertiary/aromatic N) is 6. The van der Waals surface area contributed by atoms with E-state index in [-0.39, 0.29) is 5.92 Å². The van der Waals surface area contributed by atoms with Gasteiger partial charge in [-0.1, -0.05) is 18.1 Å². The Labute approximate surface area is 216 Å². The van der Waals surface area contributed by atoms with Crippen LogP contribution in [0.3, 0.4) is 0 Å². The van der Waals surface area contributed by atoms with Gasteiger partial charge in [0.15, 0.2) is 5.82 Å². The van der Waals surface area contributed by atoms with Gasteiger partial charge in [0.05, 0.1) is 35.1 Å². The van der Waals surface area contributed by atoms with Gasteiger partial charge < -0.3 is 14.5 Å². The van der Waals surface area contributed by atoms with E-state index in [0.29, 0.717) is 24.6 Å². The van der Waals surface area contributed by atoms with Crippen molar-refractivity contribution in [3.8, 4) is 22.5 Å². The number of anilines is 1. The smallest absolute Gasteiger partial charge is 0.165 e. The van der Waals surface area contributed by atoms with Crippen molar-refractivity contribution in [2.45, 2.75) is 66.0 Å². The lowest BCUT2D eigenvalue weighted by molar-refractivity contribution is -0.123. The molecule has 0 bridgehead atoms. The predicted molar refractivity (Wildman–Crippen MR) is 142 cm³/mol. The Balaban J connectivity index is 1.58. The summed E-state index contributed by atoms with van der Waals surface area (Å²) in [6.45, 7) is 11.2. The summed E-state index contributed by atoms with van der Waals surface area (Å²) in [5.74, 6) is 2.67. The van der Waals surface area contributed by atoms with Crippen molar-refractivity contribution in [2.24, 2.45) is 5.92 Å². The van der Waals surface area contributed by atoms with Crippen molar-refractivity contribution in [3.63, 3.8) is 0 Å². The first-order valence-corrected chi connectivity index (χ1v) is 12.9. The Bertz CT molecular complexity index is 1420. The predicted octanol–water partition coefficient (Wildman–Crippen LogP) is 4.73. The molecule has 1 aromatic carbocycles. The average molecular weight is 503 g/mol. The highest BCUT2D eigenvalue weighted by Crippen LogP contribution is 2.35. The first-order chi connectivity index (χ1) is 17.6. The molecular weight excluding hydrogens is 468 g/mol. The van der Waals surface area contributed by atoms with Gasteiger partial charge >= 0.3 is 0 Å². The molecule has 1 aliphatic rings. The van der Waals surface area contributed by atoms with Crippen LogP contribution >= 0.6 is 0 Å². The second-order valence-electron chi connectivity index (χ2n) is 10.6. The lowest BCUT2D eigenvalue weighted by atomic mass is 9.91. The molecule has 0 aliphatic carbocycles. The van der Waals surface area contributed by atoms with Crippen LogP contribution in [0.2, 0.25) is 0 Å². The summed E-state index contributed by atoms with van der Waals surface area (Å²) in [4.78, 5) is 24.5. The average Bonchev–Trinajstić information content (AvgIpc) is 3.47. The van der Waals surface area contributed by atoms with Crippen LogP contribution in [0, 0.1) is 19.8 Å². The number of aromatic nitrogens is 5. The van der Waals surface area contributed by atoms with Gasteiger partial charge in [-0.05, 0) is 58.2 Å². The van der Waals surface area contributed by atoms with Crippen molar-refractivity contribution in [3.05, 3.63) is 42.0 Å². The molecule has 4 heterocycles. The summed E-state index contributed by atoms with van der Waals surface area (Å²) in [5, 5.41) is 19.7. The molecule has 37 heavy (non-hydrogen) atoms. The van der Waals surface area contributed by atoms with Gasteiger partial charge in [0.2, 0.25) is 0 Å². The number of aryl methyl sites for hydroxylation is 2. The molecular formula is C28H34N6O3. The lowest BCUT2D eigenvalue weighted by Gasteiger charge is -2.33. The standard InChI is InChI=1S/C28H34N6O3/c1-6-24(35)19-9-11-33(12-10-19)27-22-13-20(25-17(2)32-37-18(25)3)7-8-23(22)30-26(31-27)21-14-29-34(15-21)16-28(4,5)36/h7-8,13-15,19,36H,6,9-12,16H2,1-5H3. The van der Waals surface area contributed by atoms with Crippen molar-refractivity contribution in [1.82, 2.24) is 24.9 Å². The summed E-state index contributed by atoms with van der Waals surface area (Å²) in [6.07, 6.45) is 5.83. The third-order valence-electron chi connectivity index (χ3n) is 7.04. The van der Waals surface area contributed by atoms with Crippen molar-refractivity contribution in [1.29, 1.82) is 0 Å². The zero-order valence-corrected chi connectivity index (χ0v) is 22.2. The molecule has 194 valence electrons. The van der Waals surface area contributed by atoms with Gasteiger partial charge in [-0.15, -0.1) is 0 Å². The van der Waals surface area contributed by atoms with Crippen LogP contribution in [0.25, 0.3) is 33.4 Å². The molecule has 1 saturated heterocycles. The third kappa shape index (κ3) is 5.13. The summed E-state index contributed by atoms with van der Waals surface area (Å²) in [7, 11) is 0. The largest absolute Gasteiger partial charge is 0.389 e.